The summed E-state index contributed by atoms with van der Waals surface area (Å²) in [4.78, 5) is 12.0. The fraction of sp³-hybridized carbons (Fsp3) is 0.333. The number of H-pyrrole nitrogens is 1. The summed E-state index contributed by atoms with van der Waals surface area (Å²) in [5.74, 6) is 0.384. The van der Waals surface area contributed by atoms with Crippen LogP contribution in [0.15, 0.2) is 36.4 Å². The van der Waals surface area contributed by atoms with Crippen LogP contribution >= 0.6 is 0 Å². The van der Waals surface area contributed by atoms with E-state index in [0.29, 0.717) is 18.2 Å². The van der Waals surface area contributed by atoms with Crippen LogP contribution in [-0.2, 0) is 0 Å². The predicted octanol–water partition coefficient (Wildman–Crippen LogP) is 1.72. The second kappa shape index (κ2) is 5.46. The molecule has 104 valence electrons. The SMILES string of the molecule is NC(CNC(=O)c1cc(C2CC2)[nH]n1)c1ccccc1. The molecule has 0 saturated heterocycles. The molecule has 5 heteroatoms. The van der Waals surface area contributed by atoms with Gasteiger partial charge in [-0.1, -0.05) is 30.3 Å². The Morgan fingerprint density at radius 2 is 2.15 bits per heavy atom. The van der Waals surface area contributed by atoms with Crippen molar-refractivity contribution in [2.45, 2.75) is 24.8 Å². The van der Waals surface area contributed by atoms with Crippen molar-refractivity contribution in [1.82, 2.24) is 15.5 Å². The summed E-state index contributed by atoms with van der Waals surface area (Å²) in [6, 6.07) is 11.4. The molecule has 5 nitrogen and oxygen atoms in total. The number of nitrogens with two attached hydrogens (primary N) is 1. The first-order chi connectivity index (χ1) is 9.74. The maximum Gasteiger partial charge on any atom is 0.271 e. The Bertz CT molecular complexity index is 589. The molecule has 0 spiro atoms. The van der Waals surface area contributed by atoms with Gasteiger partial charge in [-0.25, -0.2) is 0 Å². The Morgan fingerprint density at radius 3 is 2.85 bits per heavy atom. The van der Waals surface area contributed by atoms with Gasteiger partial charge in [0.2, 0.25) is 0 Å². The van der Waals surface area contributed by atoms with E-state index in [9.17, 15) is 4.79 Å². The molecule has 0 radical (unpaired) electrons. The molecule has 20 heavy (non-hydrogen) atoms. The summed E-state index contributed by atoms with van der Waals surface area (Å²) in [7, 11) is 0. The molecule has 3 rings (SSSR count). The zero-order valence-corrected chi connectivity index (χ0v) is 11.2. The molecule has 1 aliphatic carbocycles. The van der Waals surface area contributed by atoms with Crippen LogP contribution in [0.25, 0.3) is 0 Å². The highest BCUT2D eigenvalue weighted by Gasteiger charge is 2.26. The van der Waals surface area contributed by atoms with Crippen molar-refractivity contribution in [2.24, 2.45) is 5.73 Å². The van der Waals surface area contributed by atoms with Gasteiger partial charge in [0.05, 0.1) is 0 Å². The number of aromatic nitrogens is 2. The van der Waals surface area contributed by atoms with E-state index < -0.39 is 0 Å². The average Bonchev–Trinajstić information content (AvgIpc) is 3.22. The van der Waals surface area contributed by atoms with Gasteiger partial charge in [-0.15, -0.1) is 0 Å². The third-order valence-corrected chi connectivity index (χ3v) is 3.56. The number of benzene rings is 1. The minimum absolute atomic E-state index is 0.181. The summed E-state index contributed by atoms with van der Waals surface area (Å²) in [6.07, 6.45) is 2.37. The van der Waals surface area contributed by atoms with Crippen molar-refractivity contribution in [3.05, 3.63) is 53.3 Å². The zero-order valence-electron chi connectivity index (χ0n) is 11.2. The van der Waals surface area contributed by atoms with E-state index >= 15 is 0 Å². The maximum atomic E-state index is 12.0. The van der Waals surface area contributed by atoms with Gasteiger partial charge >= 0.3 is 0 Å². The second-order valence-corrected chi connectivity index (χ2v) is 5.21. The monoisotopic (exact) mass is 270 g/mol. The third-order valence-electron chi connectivity index (χ3n) is 3.56. The van der Waals surface area contributed by atoms with Gasteiger partial charge in [-0.3, -0.25) is 9.89 Å². The average molecular weight is 270 g/mol. The van der Waals surface area contributed by atoms with E-state index in [1.54, 1.807) is 0 Å². The quantitative estimate of drug-likeness (QED) is 0.773. The molecule has 1 heterocycles. The number of carbonyl (C=O) groups excluding carboxylic acids is 1. The number of hydrogen-bond donors (Lipinski definition) is 3. The number of nitrogens with one attached hydrogen (secondary N) is 2. The predicted molar refractivity (Wildman–Crippen MR) is 76.3 cm³/mol. The highest BCUT2D eigenvalue weighted by atomic mass is 16.1. The van der Waals surface area contributed by atoms with Gasteiger partial charge in [0.15, 0.2) is 0 Å². The van der Waals surface area contributed by atoms with E-state index in [4.69, 9.17) is 5.73 Å². The molecule has 1 unspecified atom stereocenters. The Labute approximate surface area is 117 Å². The molecule has 1 saturated carbocycles. The molecular weight excluding hydrogens is 252 g/mol. The van der Waals surface area contributed by atoms with Crippen LogP contribution < -0.4 is 11.1 Å². The van der Waals surface area contributed by atoms with Crippen molar-refractivity contribution in [3.63, 3.8) is 0 Å². The minimum Gasteiger partial charge on any atom is -0.349 e. The lowest BCUT2D eigenvalue weighted by Crippen LogP contribution is -2.32. The van der Waals surface area contributed by atoms with Crippen molar-refractivity contribution >= 4 is 5.91 Å². The maximum absolute atomic E-state index is 12.0. The summed E-state index contributed by atoms with van der Waals surface area (Å²) in [6.45, 7) is 0.397. The Balaban J connectivity index is 1.55. The van der Waals surface area contributed by atoms with E-state index in [0.717, 1.165) is 11.3 Å². The van der Waals surface area contributed by atoms with Gasteiger partial charge in [-0.05, 0) is 24.5 Å². The fourth-order valence-electron chi connectivity index (χ4n) is 2.17. The number of nitrogens with zero attached hydrogens (tertiary/aromatic N) is 1. The molecule has 1 atom stereocenters. The van der Waals surface area contributed by atoms with Crippen molar-refractivity contribution in [2.75, 3.05) is 6.54 Å². The Hall–Kier alpha value is -2.14. The van der Waals surface area contributed by atoms with Gasteiger partial charge in [0.1, 0.15) is 5.69 Å². The molecule has 1 amide bonds. The number of hydrogen-bond acceptors (Lipinski definition) is 3. The van der Waals surface area contributed by atoms with Crippen molar-refractivity contribution < 1.29 is 4.79 Å². The standard InChI is InChI=1S/C15H18N4O/c16-12(10-4-2-1-3-5-10)9-17-15(20)14-8-13(18-19-14)11-6-7-11/h1-5,8,11-12H,6-7,9,16H2,(H,17,20)(H,18,19). The first kappa shape index (κ1) is 12.9. The van der Waals surface area contributed by atoms with E-state index in [2.05, 4.69) is 15.5 Å². The van der Waals surface area contributed by atoms with Crippen molar-refractivity contribution in [3.8, 4) is 0 Å². The number of carbonyl (C=O) groups is 1. The number of aromatic amines is 1. The van der Waals surface area contributed by atoms with Gasteiger partial charge < -0.3 is 11.1 Å². The number of amides is 1. The minimum atomic E-state index is -0.206. The summed E-state index contributed by atoms with van der Waals surface area (Å²) < 4.78 is 0. The highest BCUT2D eigenvalue weighted by molar-refractivity contribution is 5.92. The zero-order chi connectivity index (χ0) is 13.9. The molecule has 1 aromatic heterocycles. The second-order valence-electron chi connectivity index (χ2n) is 5.21. The molecule has 4 N–H and O–H groups in total. The smallest absolute Gasteiger partial charge is 0.271 e. The molecule has 2 aromatic rings. The van der Waals surface area contributed by atoms with Gasteiger partial charge in [0, 0.05) is 24.2 Å². The summed E-state index contributed by atoms with van der Waals surface area (Å²) in [5, 5.41) is 9.80. The van der Waals surface area contributed by atoms with E-state index in [1.807, 2.05) is 36.4 Å². The molecule has 1 fully saturated rings. The largest absolute Gasteiger partial charge is 0.349 e. The first-order valence-corrected chi connectivity index (χ1v) is 6.88. The van der Waals surface area contributed by atoms with Crippen LogP contribution in [0.1, 0.15) is 46.5 Å². The first-order valence-electron chi connectivity index (χ1n) is 6.88. The molecule has 1 aliphatic rings. The lowest BCUT2D eigenvalue weighted by Gasteiger charge is -2.12. The lowest BCUT2D eigenvalue weighted by molar-refractivity contribution is 0.0946. The van der Waals surface area contributed by atoms with Crippen molar-refractivity contribution in [1.29, 1.82) is 0 Å². The van der Waals surface area contributed by atoms with Gasteiger partial charge in [0.25, 0.3) is 5.91 Å². The van der Waals surface area contributed by atoms with Crippen LogP contribution in [0.2, 0.25) is 0 Å². The molecule has 0 aliphatic heterocycles. The van der Waals surface area contributed by atoms with Crippen LogP contribution in [0, 0.1) is 0 Å². The molecular formula is C15H18N4O. The van der Waals surface area contributed by atoms with Crippen LogP contribution in [-0.4, -0.2) is 22.6 Å². The Kier molecular flexibility index (Phi) is 3.52. The molecule has 0 bridgehead atoms. The fourth-order valence-corrected chi connectivity index (χ4v) is 2.17. The summed E-state index contributed by atoms with van der Waals surface area (Å²) >= 11 is 0. The summed E-state index contributed by atoms with van der Waals surface area (Å²) in [5.41, 5.74) is 8.54. The van der Waals surface area contributed by atoms with E-state index in [-0.39, 0.29) is 11.9 Å². The Morgan fingerprint density at radius 1 is 1.40 bits per heavy atom. The van der Waals surface area contributed by atoms with Gasteiger partial charge in [-0.2, -0.15) is 5.10 Å². The van der Waals surface area contributed by atoms with Crippen LogP contribution in [0.5, 0.6) is 0 Å². The van der Waals surface area contributed by atoms with Crippen LogP contribution in [0.4, 0.5) is 0 Å². The van der Waals surface area contributed by atoms with E-state index in [1.165, 1.54) is 12.8 Å². The van der Waals surface area contributed by atoms with Crippen LogP contribution in [0.3, 0.4) is 0 Å². The normalized spacial score (nSPS) is 15.8. The molecule has 1 aromatic carbocycles. The third kappa shape index (κ3) is 2.88. The lowest BCUT2D eigenvalue weighted by atomic mass is 10.1. The number of rotatable bonds is 5. The highest BCUT2D eigenvalue weighted by Crippen LogP contribution is 2.38. The topological polar surface area (TPSA) is 83.8 Å².